The first kappa shape index (κ1) is 13.8. The molecule has 3 unspecified atom stereocenters. The molecule has 2 rings (SSSR count). The standard InChI is InChI=1S/C14H25NO3/c1-2-11-4-3-5-12(7-6-11)15-8-9-18-13(10-15)14(16)17/h11-13H,2-10H2,1H3,(H,16,17). The van der Waals surface area contributed by atoms with Crippen LogP contribution in [-0.2, 0) is 9.53 Å². The third-order valence-electron chi connectivity index (χ3n) is 4.52. The lowest BCUT2D eigenvalue weighted by atomic mass is 9.97. The van der Waals surface area contributed by atoms with E-state index in [0.717, 1.165) is 12.5 Å². The fourth-order valence-corrected chi connectivity index (χ4v) is 3.28. The van der Waals surface area contributed by atoms with Gasteiger partial charge in [0.1, 0.15) is 0 Å². The van der Waals surface area contributed by atoms with Crippen molar-refractivity contribution in [2.75, 3.05) is 19.7 Å². The van der Waals surface area contributed by atoms with Gasteiger partial charge in [-0.25, -0.2) is 4.79 Å². The summed E-state index contributed by atoms with van der Waals surface area (Å²) in [4.78, 5) is 13.3. The van der Waals surface area contributed by atoms with E-state index >= 15 is 0 Å². The zero-order valence-electron chi connectivity index (χ0n) is 11.3. The SMILES string of the molecule is CCC1CCCC(N2CCOC(C(=O)O)C2)CC1. The molecule has 0 aromatic heterocycles. The summed E-state index contributed by atoms with van der Waals surface area (Å²) in [5.41, 5.74) is 0. The van der Waals surface area contributed by atoms with E-state index in [4.69, 9.17) is 9.84 Å². The Morgan fingerprint density at radius 3 is 2.89 bits per heavy atom. The van der Waals surface area contributed by atoms with Gasteiger partial charge in [0, 0.05) is 19.1 Å². The summed E-state index contributed by atoms with van der Waals surface area (Å²) in [5.74, 6) is 0.0612. The minimum absolute atomic E-state index is 0.560. The minimum atomic E-state index is -0.820. The highest BCUT2D eigenvalue weighted by Gasteiger charge is 2.31. The molecule has 2 fully saturated rings. The molecule has 0 bridgehead atoms. The lowest BCUT2D eigenvalue weighted by molar-refractivity contribution is -0.157. The van der Waals surface area contributed by atoms with E-state index in [1.54, 1.807) is 0 Å². The third-order valence-corrected chi connectivity index (χ3v) is 4.52. The second-order valence-corrected chi connectivity index (χ2v) is 5.63. The maximum Gasteiger partial charge on any atom is 0.334 e. The molecule has 4 nitrogen and oxygen atoms in total. The first-order chi connectivity index (χ1) is 8.70. The molecule has 1 saturated heterocycles. The Morgan fingerprint density at radius 1 is 1.33 bits per heavy atom. The molecular weight excluding hydrogens is 230 g/mol. The zero-order chi connectivity index (χ0) is 13.0. The summed E-state index contributed by atoms with van der Waals surface area (Å²) in [7, 11) is 0. The van der Waals surface area contributed by atoms with Crippen LogP contribution in [0, 0.1) is 5.92 Å². The van der Waals surface area contributed by atoms with Gasteiger partial charge < -0.3 is 9.84 Å². The number of carbonyl (C=O) groups is 1. The van der Waals surface area contributed by atoms with E-state index < -0.39 is 12.1 Å². The zero-order valence-corrected chi connectivity index (χ0v) is 11.3. The Balaban J connectivity index is 1.88. The number of morpholine rings is 1. The van der Waals surface area contributed by atoms with Gasteiger partial charge in [-0.3, -0.25) is 4.90 Å². The molecule has 1 aliphatic heterocycles. The van der Waals surface area contributed by atoms with Gasteiger partial charge in [-0.1, -0.05) is 26.2 Å². The number of nitrogens with zero attached hydrogens (tertiary/aromatic N) is 1. The quantitative estimate of drug-likeness (QED) is 0.785. The van der Waals surface area contributed by atoms with Crippen LogP contribution in [0.15, 0.2) is 0 Å². The maximum atomic E-state index is 11.0. The molecule has 104 valence electrons. The first-order valence-electron chi connectivity index (χ1n) is 7.29. The highest BCUT2D eigenvalue weighted by atomic mass is 16.5. The van der Waals surface area contributed by atoms with E-state index in [2.05, 4.69) is 11.8 Å². The van der Waals surface area contributed by atoms with E-state index in [0.29, 0.717) is 19.2 Å². The van der Waals surface area contributed by atoms with Crippen molar-refractivity contribution in [1.82, 2.24) is 4.90 Å². The molecule has 0 radical (unpaired) electrons. The van der Waals surface area contributed by atoms with Crippen LogP contribution in [0.3, 0.4) is 0 Å². The summed E-state index contributed by atoms with van der Waals surface area (Å²) >= 11 is 0. The van der Waals surface area contributed by atoms with Crippen molar-refractivity contribution in [2.24, 2.45) is 5.92 Å². The van der Waals surface area contributed by atoms with Crippen molar-refractivity contribution in [3.05, 3.63) is 0 Å². The molecule has 2 aliphatic rings. The number of hydrogen-bond donors (Lipinski definition) is 1. The van der Waals surface area contributed by atoms with E-state index in [-0.39, 0.29) is 0 Å². The van der Waals surface area contributed by atoms with Crippen molar-refractivity contribution in [3.63, 3.8) is 0 Å². The van der Waals surface area contributed by atoms with Crippen LogP contribution in [0.4, 0.5) is 0 Å². The summed E-state index contributed by atoms with van der Waals surface area (Å²) in [6, 6.07) is 0.576. The average molecular weight is 255 g/mol. The third kappa shape index (κ3) is 3.45. The summed E-state index contributed by atoms with van der Waals surface area (Å²) in [5, 5.41) is 9.04. The van der Waals surface area contributed by atoms with Crippen LogP contribution in [-0.4, -0.2) is 47.8 Å². The van der Waals surface area contributed by atoms with Gasteiger partial charge in [0.15, 0.2) is 6.10 Å². The second-order valence-electron chi connectivity index (χ2n) is 5.63. The van der Waals surface area contributed by atoms with Crippen LogP contribution in [0.2, 0.25) is 0 Å². The highest BCUT2D eigenvalue weighted by molar-refractivity contribution is 5.72. The lowest BCUT2D eigenvalue weighted by Crippen LogP contribution is -2.50. The van der Waals surface area contributed by atoms with E-state index in [1.807, 2.05) is 0 Å². The van der Waals surface area contributed by atoms with E-state index in [9.17, 15) is 4.79 Å². The number of rotatable bonds is 3. The Labute approximate surface area is 109 Å². The number of aliphatic carboxylic acids is 1. The van der Waals surface area contributed by atoms with Crippen molar-refractivity contribution in [2.45, 2.75) is 57.6 Å². The van der Waals surface area contributed by atoms with Crippen molar-refractivity contribution >= 4 is 5.97 Å². The molecule has 0 amide bonds. The minimum Gasteiger partial charge on any atom is -0.479 e. The van der Waals surface area contributed by atoms with Gasteiger partial charge in [-0.15, -0.1) is 0 Å². The topological polar surface area (TPSA) is 49.8 Å². The fourth-order valence-electron chi connectivity index (χ4n) is 3.28. The van der Waals surface area contributed by atoms with Gasteiger partial charge in [0.05, 0.1) is 6.61 Å². The lowest BCUT2D eigenvalue weighted by Gasteiger charge is -2.36. The maximum absolute atomic E-state index is 11.0. The highest BCUT2D eigenvalue weighted by Crippen LogP contribution is 2.28. The van der Waals surface area contributed by atoms with Gasteiger partial charge in [0.2, 0.25) is 0 Å². The number of carboxylic acids is 1. The molecule has 4 heteroatoms. The number of ether oxygens (including phenoxy) is 1. The Bertz CT molecular complexity index is 282. The molecule has 0 spiro atoms. The van der Waals surface area contributed by atoms with Crippen LogP contribution in [0.25, 0.3) is 0 Å². The van der Waals surface area contributed by atoms with Gasteiger partial charge in [0.25, 0.3) is 0 Å². The van der Waals surface area contributed by atoms with Crippen LogP contribution in [0.1, 0.15) is 45.4 Å². The summed E-state index contributed by atoms with van der Waals surface area (Å²) in [6.07, 6.45) is 7.05. The number of hydrogen-bond acceptors (Lipinski definition) is 3. The summed E-state index contributed by atoms with van der Waals surface area (Å²) < 4.78 is 5.29. The normalized spacial score (nSPS) is 35.1. The molecule has 1 saturated carbocycles. The van der Waals surface area contributed by atoms with Crippen LogP contribution >= 0.6 is 0 Å². The Morgan fingerprint density at radius 2 is 2.17 bits per heavy atom. The van der Waals surface area contributed by atoms with Gasteiger partial charge in [-0.05, 0) is 25.2 Å². The molecular formula is C14H25NO3. The monoisotopic (exact) mass is 255 g/mol. The predicted octanol–water partition coefficient (Wildman–Crippen LogP) is 2.13. The average Bonchev–Trinajstić information content (AvgIpc) is 2.64. The largest absolute Gasteiger partial charge is 0.479 e. The summed E-state index contributed by atoms with van der Waals surface area (Å²) in [6.45, 7) is 4.30. The Hall–Kier alpha value is -0.610. The van der Waals surface area contributed by atoms with E-state index in [1.165, 1.54) is 38.5 Å². The molecule has 1 N–H and O–H groups in total. The first-order valence-corrected chi connectivity index (χ1v) is 7.29. The van der Waals surface area contributed by atoms with Crippen molar-refractivity contribution in [3.8, 4) is 0 Å². The van der Waals surface area contributed by atoms with Gasteiger partial charge >= 0.3 is 5.97 Å². The molecule has 3 atom stereocenters. The van der Waals surface area contributed by atoms with Crippen LogP contribution < -0.4 is 0 Å². The molecule has 1 heterocycles. The smallest absolute Gasteiger partial charge is 0.334 e. The van der Waals surface area contributed by atoms with Crippen molar-refractivity contribution in [1.29, 1.82) is 0 Å². The number of carboxylic acid groups (broad SMARTS) is 1. The van der Waals surface area contributed by atoms with Gasteiger partial charge in [-0.2, -0.15) is 0 Å². The molecule has 0 aromatic rings. The second kappa shape index (κ2) is 6.53. The van der Waals surface area contributed by atoms with Crippen molar-refractivity contribution < 1.29 is 14.6 Å². The Kier molecular flexibility index (Phi) is 5.01. The predicted molar refractivity (Wildman–Crippen MR) is 69.6 cm³/mol. The van der Waals surface area contributed by atoms with Crippen LogP contribution in [0.5, 0.6) is 0 Å². The molecule has 18 heavy (non-hydrogen) atoms. The fraction of sp³-hybridized carbons (Fsp3) is 0.929. The molecule has 0 aromatic carbocycles. The molecule has 1 aliphatic carbocycles.